The molecule has 8 aromatic rings. The molecule has 0 radical (unpaired) electrons. The van der Waals surface area contributed by atoms with E-state index in [0.717, 1.165) is 39.9 Å². The number of benzene rings is 4. The molecule has 12 nitrogen and oxygen atoms in total. The molecule has 24 heteroatoms. The lowest BCUT2D eigenvalue weighted by atomic mass is 10.1. The van der Waals surface area contributed by atoms with Gasteiger partial charge in [-0.25, -0.2) is 32.5 Å². The topological polar surface area (TPSA) is 162 Å². The Hall–Kier alpha value is -5.70. The van der Waals surface area contributed by atoms with Crippen LogP contribution in [0.5, 0.6) is 11.5 Å². The fourth-order valence-corrected chi connectivity index (χ4v) is 8.58. The molecule has 0 aliphatic rings. The minimum Gasteiger partial charge on any atom is -0.483 e. The van der Waals surface area contributed by atoms with Crippen molar-refractivity contribution in [3.8, 4) is 11.5 Å². The average Bonchev–Trinajstić information content (AvgIpc) is 3.87. The minimum atomic E-state index is -1.34. The van der Waals surface area contributed by atoms with Crippen LogP contribution < -0.4 is 20.1 Å². The zero-order chi connectivity index (χ0) is 47.4. The quantitative estimate of drug-likeness (QED) is 0.0766. The highest BCUT2D eigenvalue weighted by Crippen LogP contribution is 2.31. The van der Waals surface area contributed by atoms with Crippen LogP contribution in [0.15, 0.2) is 85.3 Å². The summed E-state index contributed by atoms with van der Waals surface area (Å²) in [5.74, 6) is -10.5. The van der Waals surface area contributed by atoms with E-state index in [1.807, 2.05) is 10.6 Å². The van der Waals surface area contributed by atoms with Crippen molar-refractivity contribution in [2.24, 2.45) is 0 Å². The predicted octanol–water partition coefficient (Wildman–Crippen LogP) is 12.2. The average molecular weight is 1060 g/mol. The van der Waals surface area contributed by atoms with Gasteiger partial charge in [0, 0.05) is 28.6 Å². The van der Waals surface area contributed by atoms with E-state index in [0.29, 0.717) is 31.1 Å². The second-order valence-corrected chi connectivity index (χ2v) is 17.6. The van der Waals surface area contributed by atoms with Crippen molar-refractivity contribution >= 4 is 136 Å². The molecule has 2 N–H and O–H groups in total. The summed E-state index contributed by atoms with van der Waals surface area (Å²) in [6, 6.07) is 15.4. The lowest BCUT2D eigenvalue weighted by Gasteiger charge is -2.11. The molecular formula is C42H20Cl6F4N6O6S2. The third kappa shape index (κ3) is 10.9. The number of halogens is 10. The normalized spacial score (nSPS) is 10.9. The number of amides is 4. The Morgan fingerprint density at radius 3 is 1.56 bits per heavy atom. The number of fused-ring (bicyclic) bond motifs is 2. The van der Waals surface area contributed by atoms with Crippen molar-refractivity contribution in [1.29, 1.82) is 0 Å². The summed E-state index contributed by atoms with van der Waals surface area (Å²) in [5, 5.41) is 5.23. The maximum Gasteiger partial charge on any atom is 0.264 e. The number of ether oxygens (including phenoxy) is 2. The van der Waals surface area contributed by atoms with Gasteiger partial charge in [-0.15, -0.1) is 22.7 Å². The first-order valence-corrected chi connectivity index (χ1v) is 22.0. The van der Waals surface area contributed by atoms with Gasteiger partial charge < -0.3 is 9.47 Å². The number of pyridine rings is 2. The van der Waals surface area contributed by atoms with Crippen LogP contribution in [-0.2, 0) is 13.2 Å². The van der Waals surface area contributed by atoms with Gasteiger partial charge in [0.2, 0.25) is 0 Å². The Balaban J connectivity index is 0.000000196. The maximum absolute atomic E-state index is 14.9. The number of hydrogen-bond donors (Lipinski definition) is 2. The molecular weight excluding hydrogens is 1040 g/mol. The van der Waals surface area contributed by atoms with Crippen LogP contribution in [0, 0.1) is 23.3 Å². The molecule has 0 fully saturated rings. The Kier molecular flexibility index (Phi) is 15.2. The number of rotatable bonds is 10. The molecule has 0 saturated carbocycles. The minimum absolute atomic E-state index is 0.0263. The summed E-state index contributed by atoms with van der Waals surface area (Å²) in [7, 11) is 0. The summed E-state index contributed by atoms with van der Waals surface area (Å²) in [6.07, 6.45) is 3.51. The summed E-state index contributed by atoms with van der Waals surface area (Å²) >= 11 is 38.0. The van der Waals surface area contributed by atoms with Gasteiger partial charge >= 0.3 is 0 Å². The maximum atomic E-state index is 14.9. The first kappa shape index (κ1) is 48.2. The molecule has 4 aromatic carbocycles. The van der Waals surface area contributed by atoms with Gasteiger partial charge in [0.25, 0.3) is 23.6 Å². The van der Waals surface area contributed by atoms with Crippen LogP contribution in [0.25, 0.3) is 20.4 Å². The molecule has 4 aromatic heterocycles. The van der Waals surface area contributed by atoms with E-state index in [2.05, 4.69) is 19.9 Å². The van der Waals surface area contributed by atoms with E-state index < -0.39 is 69.5 Å². The second-order valence-electron chi connectivity index (χ2n) is 13.0. The predicted molar refractivity (Wildman–Crippen MR) is 243 cm³/mol. The van der Waals surface area contributed by atoms with E-state index in [4.69, 9.17) is 79.1 Å². The van der Waals surface area contributed by atoms with Crippen LogP contribution >= 0.6 is 92.3 Å². The first-order chi connectivity index (χ1) is 31.5. The molecule has 0 saturated heterocycles. The van der Waals surface area contributed by atoms with Gasteiger partial charge in [-0.05, 0) is 66.7 Å². The number of carbonyl (C=O) groups is 4. The molecule has 4 heterocycles. The Morgan fingerprint density at radius 2 is 1.06 bits per heavy atom. The number of imide groups is 2. The number of carbonyl (C=O) groups excluding carboxylic acids is 4. The molecule has 0 spiro atoms. The summed E-state index contributed by atoms with van der Waals surface area (Å²) in [6.45, 7) is -0.274. The molecule has 0 bridgehead atoms. The number of aromatic nitrogens is 4. The van der Waals surface area contributed by atoms with E-state index >= 15 is 0 Å². The van der Waals surface area contributed by atoms with Crippen LogP contribution in [0.2, 0.25) is 30.3 Å². The molecule has 336 valence electrons. The highest BCUT2D eigenvalue weighted by molar-refractivity contribution is 7.18. The lowest BCUT2D eigenvalue weighted by molar-refractivity contribution is 0.0827. The Labute approximate surface area is 406 Å². The van der Waals surface area contributed by atoms with Crippen LogP contribution in [0.4, 0.5) is 17.6 Å². The molecule has 0 atom stereocenters. The third-order valence-corrected chi connectivity index (χ3v) is 12.6. The molecule has 4 amide bonds. The van der Waals surface area contributed by atoms with E-state index in [1.54, 1.807) is 36.4 Å². The fourth-order valence-electron chi connectivity index (χ4n) is 5.66. The van der Waals surface area contributed by atoms with Gasteiger partial charge in [-0.2, -0.15) is 0 Å². The molecule has 8 rings (SSSR count). The standard InChI is InChI=1S/2C21H10Cl3F2N3O3S/c22-9-1-4-15-13(5-9)28-16(33-15)8-32-14-3-2-12(25)17(19(14)26)21(31)29-20(30)10-6-27-7-11(23)18(10)24;22-9-1-4-14-12(7-9)28-15(33-14)8-32-13-3-2-11(25)17(18(13)26)21(31)29-20(30)16-10(23)5-6-27-19(16)24/h2*1-7H,8H2,(H,29,30,31). The molecule has 0 aliphatic carbocycles. The van der Waals surface area contributed by atoms with Gasteiger partial charge in [0.1, 0.15) is 51.1 Å². The van der Waals surface area contributed by atoms with E-state index in [-0.39, 0.29) is 44.6 Å². The van der Waals surface area contributed by atoms with Crippen LogP contribution in [-0.4, -0.2) is 43.6 Å². The van der Waals surface area contributed by atoms with Gasteiger partial charge in [0.05, 0.1) is 46.6 Å². The molecule has 0 aliphatic heterocycles. The Bertz CT molecular complexity index is 3230. The molecule has 0 unspecified atom stereocenters. The highest BCUT2D eigenvalue weighted by Gasteiger charge is 2.27. The van der Waals surface area contributed by atoms with Crippen molar-refractivity contribution in [2.45, 2.75) is 13.2 Å². The Morgan fingerprint density at radius 1 is 0.576 bits per heavy atom. The van der Waals surface area contributed by atoms with Crippen molar-refractivity contribution in [3.05, 3.63) is 171 Å². The van der Waals surface area contributed by atoms with E-state index in [9.17, 15) is 36.7 Å². The first-order valence-electron chi connectivity index (χ1n) is 18.1. The van der Waals surface area contributed by atoms with E-state index in [1.165, 1.54) is 41.1 Å². The summed E-state index contributed by atoms with van der Waals surface area (Å²) < 4.78 is 70.9. The zero-order valence-corrected chi connectivity index (χ0v) is 38.5. The number of thiazole rings is 2. The second kappa shape index (κ2) is 20.9. The largest absolute Gasteiger partial charge is 0.483 e. The van der Waals surface area contributed by atoms with Crippen LogP contribution in [0.3, 0.4) is 0 Å². The summed E-state index contributed by atoms with van der Waals surface area (Å²) in [5.41, 5.74) is -1.24. The summed E-state index contributed by atoms with van der Waals surface area (Å²) in [4.78, 5) is 65.7. The van der Waals surface area contributed by atoms with Gasteiger partial charge in [-0.3, -0.25) is 34.8 Å². The lowest BCUT2D eigenvalue weighted by Crippen LogP contribution is -2.32. The van der Waals surface area contributed by atoms with Crippen molar-refractivity contribution in [1.82, 2.24) is 30.6 Å². The van der Waals surface area contributed by atoms with Gasteiger partial charge in [-0.1, -0.05) is 69.6 Å². The smallest absolute Gasteiger partial charge is 0.264 e. The molecule has 66 heavy (non-hydrogen) atoms. The number of hydrogen-bond acceptors (Lipinski definition) is 12. The third-order valence-electron chi connectivity index (χ3n) is 8.67. The van der Waals surface area contributed by atoms with Crippen molar-refractivity contribution < 1.29 is 46.2 Å². The monoisotopic (exact) mass is 1050 g/mol. The number of nitrogens with one attached hydrogen (secondary N) is 2. The SMILES string of the molecule is O=C(NC(=O)c1c(F)ccc(OCc2nc3cc(Cl)ccc3s2)c1F)c1c(Cl)ccnc1Cl.O=C(NC(=O)c1c(F)ccc(OCc2nc3cc(Cl)ccc3s2)c1F)c1cncc(Cl)c1Cl. The number of nitrogens with zero attached hydrogens (tertiary/aromatic N) is 4. The fraction of sp³-hybridized carbons (Fsp3) is 0.0476. The van der Waals surface area contributed by atoms with Crippen molar-refractivity contribution in [2.75, 3.05) is 0 Å². The van der Waals surface area contributed by atoms with Crippen molar-refractivity contribution in [3.63, 3.8) is 0 Å². The highest BCUT2D eigenvalue weighted by atomic mass is 35.5. The van der Waals surface area contributed by atoms with Gasteiger partial charge in [0.15, 0.2) is 23.1 Å². The van der Waals surface area contributed by atoms with Crippen LogP contribution in [0.1, 0.15) is 51.4 Å². The zero-order valence-electron chi connectivity index (χ0n) is 32.3.